The molecule has 0 unspecified atom stereocenters. The van der Waals surface area contributed by atoms with Crippen LogP contribution in [-0.2, 0) is 13.1 Å². The van der Waals surface area contributed by atoms with Crippen LogP contribution >= 0.6 is 0 Å². The summed E-state index contributed by atoms with van der Waals surface area (Å²) in [6, 6.07) is 31.9. The van der Waals surface area contributed by atoms with Crippen molar-refractivity contribution in [3.63, 3.8) is 0 Å². The molecule has 206 valence electrons. The van der Waals surface area contributed by atoms with Crippen LogP contribution in [0.25, 0.3) is 21.5 Å². The Hall–Kier alpha value is -5.90. The number of amides is 2. The minimum absolute atomic E-state index is 0.0340. The monoisotopic (exact) mass is 556 g/mol. The van der Waals surface area contributed by atoms with E-state index in [-0.39, 0.29) is 35.6 Å². The van der Waals surface area contributed by atoms with Crippen molar-refractivity contribution in [1.82, 2.24) is 30.4 Å². The van der Waals surface area contributed by atoms with Crippen LogP contribution in [0.1, 0.15) is 32.1 Å². The molecule has 0 saturated carbocycles. The fourth-order valence-corrected chi connectivity index (χ4v) is 4.76. The Balaban J connectivity index is 1.31. The summed E-state index contributed by atoms with van der Waals surface area (Å²) >= 11 is 0. The molecule has 2 N–H and O–H groups in total. The first-order valence-corrected chi connectivity index (χ1v) is 13.2. The number of benzene rings is 4. The predicted octanol–water partition coefficient (Wildman–Crippen LogP) is 3.28. The van der Waals surface area contributed by atoms with Crippen LogP contribution in [0.3, 0.4) is 0 Å². The number of nitrogens with zero attached hydrogens (tertiary/aromatic N) is 4. The van der Waals surface area contributed by atoms with Gasteiger partial charge in [0.1, 0.15) is 0 Å². The molecule has 0 aliphatic rings. The third-order valence-corrected chi connectivity index (χ3v) is 6.81. The molecule has 0 fully saturated rings. The molecule has 0 saturated heterocycles. The van der Waals surface area contributed by atoms with Gasteiger partial charge < -0.3 is 0 Å². The predicted molar refractivity (Wildman–Crippen MR) is 158 cm³/mol. The Labute approximate surface area is 238 Å². The second kappa shape index (κ2) is 11.3. The molecule has 6 aromatic rings. The van der Waals surface area contributed by atoms with Crippen molar-refractivity contribution < 1.29 is 9.59 Å². The van der Waals surface area contributed by atoms with E-state index >= 15 is 0 Å². The highest BCUT2D eigenvalue weighted by molar-refractivity contribution is 6.08. The van der Waals surface area contributed by atoms with Crippen molar-refractivity contribution in [3.05, 3.63) is 152 Å². The molecule has 42 heavy (non-hydrogen) atoms. The number of aromatic nitrogens is 4. The van der Waals surface area contributed by atoms with Crippen LogP contribution in [0.5, 0.6) is 0 Å². The van der Waals surface area contributed by atoms with Crippen molar-refractivity contribution >= 4 is 33.4 Å². The summed E-state index contributed by atoms with van der Waals surface area (Å²) < 4.78 is 2.45. The van der Waals surface area contributed by atoms with Gasteiger partial charge in [-0.25, -0.2) is 9.36 Å². The maximum Gasteiger partial charge on any atom is 0.290 e. The van der Waals surface area contributed by atoms with Crippen LogP contribution in [0.2, 0.25) is 0 Å². The van der Waals surface area contributed by atoms with Crippen LogP contribution in [0, 0.1) is 0 Å². The minimum Gasteiger partial charge on any atom is -0.267 e. The van der Waals surface area contributed by atoms with Gasteiger partial charge in [-0.15, -0.1) is 0 Å². The largest absolute Gasteiger partial charge is 0.290 e. The lowest BCUT2D eigenvalue weighted by Gasteiger charge is -2.13. The molecule has 0 aliphatic heterocycles. The molecule has 2 heterocycles. The first kappa shape index (κ1) is 26.3. The van der Waals surface area contributed by atoms with E-state index < -0.39 is 11.8 Å². The van der Waals surface area contributed by atoms with Gasteiger partial charge in [-0.3, -0.25) is 30.0 Å². The molecule has 10 nitrogen and oxygen atoms in total. The maximum absolute atomic E-state index is 13.4. The van der Waals surface area contributed by atoms with E-state index in [4.69, 9.17) is 0 Å². The van der Waals surface area contributed by atoms with E-state index in [1.165, 1.54) is 9.36 Å². The molecular weight excluding hydrogens is 532 g/mol. The van der Waals surface area contributed by atoms with E-state index in [0.29, 0.717) is 21.5 Å². The second-order valence-electron chi connectivity index (χ2n) is 9.59. The molecule has 4 aromatic carbocycles. The van der Waals surface area contributed by atoms with Gasteiger partial charge in [-0.2, -0.15) is 10.2 Å². The number of hydrogen-bond donors (Lipinski definition) is 2. The fourth-order valence-electron chi connectivity index (χ4n) is 4.76. The average Bonchev–Trinajstić information content (AvgIpc) is 3.03. The van der Waals surface area contributed by atoms with E-state index in [1.807, 2.05) is 60.7 Å². The van der Waals surface area contributed by atoms with Crippen LogP contribution in [-0.4, -0.2) is 31.4 Å². The van der Waals surface area contributed by atoms with Gasteiger partial charge in [-0.1, -0.05) is 97.1 Å². The summed E-state index contributed by atoms with van der Waals surface area (Å²) in [6.45, 7) is 0.325. The number of hydrazine groups is 1. The molecule has 0 aliphatic carbocycles. The molecule has 2 aromatic heterocycles. The lowest BCUT2D eigenvalue weighted by Crippen LogP contribution is -2.44. The smallest absolute Gasteiger partial charge is 0.267 e. The Kier molecular flexibility index (Phi) is 7.08. The van der Waals surface area contributed by atoms with Gasteiger partial charge in [-0.05, 0) is 23.3 Å². The highest BCUT2D eigenvalue weighted by Crippen LogP contribution is 2.15. The summed E-state index contributed by atoms with van der Waals surface area (Å²) in [6.07, 6.45) is 0. The van der Waals surface area contributed by atoms with Crippen LogP contribution < -0.4 is 22.0 Å². The Bertz CT molecular complexity index is 1920. The van der Waals surface area contributed by atoms with E-state index in [0.717, 1.165) is 11.1 Å². The van der Waals surface area contributed by atoms with E-state index in [1.54, 1.807) is 48.5 Å². The van der Waals surface area contributed by atoms with E-state index in [2.05, 4.69) is 21.0 Å². The highest BCUT2D eigenvalue weighted by atomic mass is 16.2. The van der Waals surface area contributed by atoms with Gasteiger partial charge in [0.2, 0.25) is 0 Å². The summed E-state index contributed by atoms with van der Waals surface area (Å²) in [5.41, 5.74) is 5.74. The molecule has 10 heteroatoms. The van der Waals surface area contributed by atoms with Crippen molar-refractivity contribution in [3.8, 4) is 0 Å². The van der Waals surface area contributed by atoms with Crippen LogP contribution in [0.15, 0.2) is 119 Å². The number of fused-ring (bicyclic) bond motifs is 2. The Morgan fingerprint density at radius 2 is 0.833 bits per heavy atom. The molecule has 0 atom stereocenters. The highest BCUT2D eigenvalue weighted by Gasteiger charge is 2.20. The van der Waals surface area contributed by atoms with Gasteiger partial charge in [0, 0.05) is 10.8 Å². The number of nitrogens with one attached hydrogen (secondary N) is 2. The number of carbonyl (C=O) groups is 2. The molecule has 0 bridgehead atoms. The zero-order valence-electron chi connectivity index (χ0n) is 22.2. The van der Waals surface area contributed by atoms with Gasteiger partial charge in [0.05, 0.1) is 23.9 Å². The maximum atomic E-state index is 13.4. The van der Waals surface area contributed by atoms with Gasteiger partial charge in [0.15, 0.2) is 11.4 Å². The third-order valence-electron chi connectivity index (χ3n) is 6.81. The van der Waals surface area contributed by atoms with Crippen molar-refractivity contribution in [2.45, 2.75) is 13.1 Å². The quantitative estimate of drug-likeness (QED) is 0.303. The number of rotatable bonds is 6. The molecule has 0 radical (unpaired) electrons. The number of carbonyl (C=O) groups excluding carboxylic acids is 2. The SMILES string of the molecule is O=C(NNC(=O)c1nn(Cc2ccccc2)c(=O)c2ccccc12)c1nn(Cc2ccccc2)c(=O)c2ccccc12. The second-order valence-corrected chi connectivity index (χ2v) is 9.59. The standard InChI is InChI=1S/C32H24N6O4/c39-29(27-23-15-7-9-17-25(23)31(41)37(35-27)19-21-11-3-1-4-12-21)33-34-30(40)28-24-16-8-10-18-26(24)32(42)38(36-28)20-22-13-5-2-6-14-22/h1-18H,19-20H2,(H,33,39)(H,34,40). The van der Waals surface area contributed by atoms with Gasteiger partial charge in [0.25, 0.3) is 22.9 Å². The zero-order valence-corrected chi connectivity index (χ0v) is 22.2. The first-order valence-electron chi connectivity index (χ1n) is 13.2. The lowest BCUT2D eigenvalue weighted by atomic mass is 10.1. The van der Waals surface area contributed by atoms with Crippen molar-refractivity contribution in [1.29, 1.82) is 0 Å². The molecule has 6 rings (SSSR count). The van der Waals surface area contributed by atoms with Crippen LogP contribution in [0.4, 0.5) is 0 Å². The number of hydrogen-bond acceptors (Lipinski definition) is 6. The minimum atomic E-state index is -0.719. The van der Waals surface area contributed by atoms with E-state index in [9.17, 15) is 19.2 Å². The summed E-state index contributed by atoms with van der Waals surface area (Å²) in [5, 5.41) is 10.0. The normalized spacial score (nSPS) is 11.0. The molecule has 0 spiro atoms. The van der Waals surface area contributed by atoms with Crippen molar-refractivity contribution in [2.24, 2.45) is 0 Å². The Morgan fingerprint density at radius 1 is 0.500 bits per heavy atom. The summed E-state index contributed by atoms with van der Waals surface area (Å²) in [7, 11) is 0. The molecule has 2 amide bonds. The lowest BCUT2D eigenvalue weighted by molar-refractivity contribution is 0.0841. The molecular formula is C32H24N6O4. The van der Waals surface area contributed by atoms with Gasteiger partial charge >= 0.3 is 0 Å². The average molecular weight is 557 g/mol. The fraction of sp³-hybridized carbons (Fsp3) is 0.0625. The first-order chi connectivity index (χ1) is 20.5. The third kappa shape index (κ3) is 5.16. The topological polar surface area (TPSA) is 128 Å². The summed E-state index contributed by atoms with van der Waals surface area (Å²) in [5.74, 6) is -1.44. The zero-order chi connectivity index (χ0) is 29.1. The van der Waals surface area contributed by atoms with Crippen molar-refractivity contribution in [2.75, 3.05) is 0 Å². The Morgan fingerprint density at radius 3 is 1.21 bits per heavy atom. The summed E-state index contributed by atoms with van der Waals surface area (Å²) in [4.78, 5) is 53.0.